The first-order chi connectivity index (χ1) is 11.4. The van der Waals surface area contributed by atoms with Crippen LogP contribution in [0.4, 0.5) is 5.69 Å². The zero-order chi connectivity index (χ0) is 15.2. The number of benzene rings is 3. The van der Waals surface area contributed by atoms with Crippen LogP contribution < -0.4 is 4.90 Å². The second kappa shape index (κ2) is 5.04. The number of para-hydroxylation sites is 1. The van der Waals surface area contributed by atoms with Gasteiger partial charge >= 0.3 is 0 Å². The number of fused-ring (bicyclic) bond motifs is 6. The van der Waals surface area contributed by atoms with Crippen molar-refractivity contribution in [1.29, 1.82) is 0 Å². The summed E-state index contributed by atoms with van der Waals surface area (Å²) >= 11 is 1.93. The van der Waals surface area contributed by atoms with E-state index in [4.69, 9.17) is 0 Å². The maximum absolute atomic E-state index is 2.46. The van der Waals surface area contributed by atoms with Crippen LogP contribution in [0.2, 0.25) is 0 Å². The standard InChI is InChI=1S/C21H15NS/c1-2-8-15(9-3-1)21-20-18-12-5-4-10-16(18)17-11-6-7-13-19(17)22(20)14-23-21/h1-13H,14H2. The van der Waals surface area contributed by atoms with Crippen molar-refractivity contribution in [2.24, 2.45) is 0 Å². The van der Waals surface area contributed by atoms with E-state index in [1.54, 1.807) is 0 Å². The van der Waals surface area contributed by atoms with Gasteiger partial charge in [0.25, 0.3) is 0 Å². The highest BCUT2D eigenvalue weighted by molar-refractivity contribution is 8.09. The Hall–Kier alpha value is -2.45. The van der Waals surface area contributed by atoms with Crippen LogP contribution >= 0.6 is 11.8 Å². The minimum atomic E-state index is 0.977. The van der Waals surface area contributed by atoms with E-state index in [1.807, 2.05) is 11.8 Å². The molecule has 3 aromatic carbocycles. The molecule has 0 saturated carbocycles. The molecule has 2 aliphatic rings. The lowest BCUT2D eigenvalue weighted by molar-refractivity contribution is 1.18. The molecule has 0 radical (unpaired) electrons. The summed E-state index contributed by atoms with van der Waals surface area (Å²) in [6.45, 7) is 0. The zero-order valence-corrected chi connectivity index (χ0v) is 13.4. The van der Waals surface area contributed by atoms with Crippen LogP contribution in [0.15, 0.2) is 78.9 Å². The molecule has 2 heterocycles. The molecular weight excluding hydrogens is 298 g/mol. The summed E-state index contributed by atoms with van der Waals surface area (Å²) in [7, 11) is 0. The SMILES string of the molecule is c1ccc(C2=C3c4ccccc4-c4ccccc4N3CS2)cc1. The van der Waals surface area contributed by atoms with Crippen LogP contribution in [-0.4, -0.2) is 5.88 Å². The highest BCUT2D eigenvalue weighted by Gasteiger charge is 2.33. The predicted molar refractivity (Wildman–Crippen MR) is 100 cm³/mol. The second-order valence-corrected chi connectivity index (χ2v) is 6.76. The van der Waals surface area contributed by atoms with Crippen molar-refractivity contribution in [3.8, 4) is 11.1 Å². The van der Waals surface area contributed by atoms with E-state index in [1.165, 1.54) is 38.5 Å². The largest absolute Gasteiger partial charge is 0.329 e. The third-order valence-electron chi connectivity index (χ3n) is 4.53. The molecule has 110 valence electrons. The van der Waals surface area contributed by atoms with Gasteiger partial charge in [-0.2, -0.15) is 0 Å². The number of thioether (sulfide) groups is 1. The van der Waals surface area contributed by atoms with Crippen LogP contribution in [-0.2, 0) is 0 Å². The summed E-state index contributed by atoms with van der Waals surface area (Å²) in [5.41, 5.74) is 8.00. The molecule has 0 fully saturated rings. The summed E-state index contributed by atoms with van der Waals surface area (Å²) in [4.78, 5) is 3.84. The van der Waals surface area contributed by atoms with Gasteiger partial charge in [0.05, 0.1) is 11.6 Å². The van der Waals surface area contributed by atoms with Gasteiger partial charge < -0.3 is 4.90 Å². The Balaban J connectivity index is 1.83. The zero-order valence-electron chi connectivity index (χ0n) is 12.6. The van der Waals surface area contributed by atoms with Gasteiger partial charge in [0, 0.05) is 21.7 Å². The third kappa shape index (κ3) is 1.88. The van der Waals surface area contributed by atoms with Crippen molar-refractivity contribution in [3.05, 3.63) is 90.0 Å². The van der Waals surface area contributed by atoms with E-state index in [-0.39, 0.29) is 0 Å². The number of hydrogen-bond donors (Lipinski definition) is 0. The topological polar surface area (TPSA) is 3.24 Å². The fraction of sp³-hybridized carbons (Fsp3) is 0.0476. The van der Waals surface area contributed by atoms with Crippen LogP contribution in [0.25, 0.3) is 21.7 Å². The normalized spacial score (nSPS) is 15.2. The molecule has 0 amide bonds. The summed E-state index contributed by atoms with van der Waals surface area (Å²) < 4.78 is 0. The highest BCUT2D eigenvalue weighted by atomic mass is 32.2. The minimum Gasteiger partial charge on any atom is -0.329 e. The summed E-state index contributed by atoms with van der Waals surface area (Å²) in [6.07, 6.45) is 0. The van der Waals surface area contributed by atoms with E-state index >= 15 is 0 Å². The maximum Gasteiger partial charge on any atom is 0.0736 e. The molecule has 0 aliphatic carbocycles. The minimum absolute atomic E-state index is 0.977. The van der Waals surface area contributed by atoms with E-state index in [9.17, 15) is 0 Å². The first-order valence-corrected chi connectivity index (χ1v) is 8.81. The molecule has 1 nitrogen and oxygen atoms in total. The molecule has 2 heteroatoms. The first-order valence-electron chi connectivity index (χ1n) is 7.82. The number of nitrogens with zero attached hydrogens (tertiary/aromatic N) is 1. The Bertz CT molecular complexity index is 927. The molecule has 0 spiro atoms. The van der Waals surface area contributed by atoms with E-state index in [0.29, 0.717) is 0 Å². The lowest BCUT2D eigenvalue weighted by Crippen LogP contribution is -2.21. The Kier molecular flexibility index (Phi) is 2.85. The summed E-state index contributed by atoms with van der Waals surface area (Å²) in [5.74, 6) is 0.977. The number of anilines is 1. The Morgan fingerprint density at radius 3 is 2.13 bits per heavy atom. The van der Waals surface area contributed by atoms with Gasteiger partial charge in [0.2, 0.25) is 0 Å². The summed E-state index contributed by atoms with van der Waals surface area (Å²) in [5, 5.41) is 0. The van der Waals surface area contributed by atoms with E-state index in [2.05, 4.69) is 83.8 Å². The molecule has 0 N–H and O–H groups in total. The smallest absolute Gasteiger partial charge is 0.0736 e. The number of hydrogen-bond acceptors (Lipinski definition) is 2. The average Bonchev–Trinajstić information content (AvgIpc) is 3.08. The molecule has 0 aromatic heterocycles. The van der Waals surface area contributed by atoms with E-state index < -0.39 is 0 Å². The Morgan fingerprint density at radius 2 is 1.30 bits per heavy atom. The van der Waals surface area contributed by atoms with Gasteiger partial charge in [-0.1, -0.05) is 72.8 Å². The molecule has 0 bridgehead atoms. The van der Waals surface area contributed by atoms with Crippen molar-refractivity contribution in [2.45, 2.75) is 0 Å². The maximum atomic E-state index is 2.46. The second-order valence-electron chi connectivity index (χ2n) is 5.81. The van der Waals surface area contributed by atoms with Crippen LogP contribution in [0.5, 0.6) is 0 Å². The fourth-order valence-electron chi connectivity index (χ4n) is 3.51. The van der Waals surface area contributed by atoms with Crippen molar-refractivity contribution in [1.82, 2.24) is 0 Å². The molecule has 0 atom stereocenters. The van der Waals surface area contributed by atoms with Gasteiger partial charge in [0.15, 0.2) is 0 Å². The first kappa shape index (κ1) is 13.0. The molecule has 5 rings (SSSR count). The third-order valence-corrected chi connectivity index (χ3v) is 5.63. The fourth-order valence-corrected chi connectivity index (χ4v) is 4.70. The van der Waals surface area contributed by atoms with Crippen LogP contribution in [0.3, 0.4) is 0 Å². The van der Waals surface area contributed by atoms with Crippen LogP contribution in [0.1, 0.15) is 11.1 Å². The number of rotatable bonds is 1. The molecule has 23 heavy (non-hydrogen) atoms. The summed E-state index contributed by atoms with van der Waals surface area (Å²) in [6, 6.07) is 28.2. The molecule has 3 aromatic rings. The monoisotopic (exact) mass is 313 g/mol. The van der Waals surface area contributed by atoms with Gasteiger partial charge in [-0.05, 0) is 17.2 Å². The average molecular weight is 313 g/mol. The lowest BCUT2D eigenvalue weighted by atomic mass is 9.90. The molecule has 2 aliphatic heterocycles. The lowest BCUT2D eigenvalue weighted by Gasteiger charge is -2.31. The van der Waals surface area contributed by atoms with Crippen molar-refractivity contribution < 1.29 is 0 Å². The molecular formula is C21H15NS. The van der Waals surface area contributed by atoms with Gasteiger partial charge in [-0.15, -0.1) is 11.8 Å². The Morgan fingerprint density at radius 1 is 0.652 bits per heavy atom. The Labute approximate surface area is 140 Å². The molecule has 0 unspecified atom stereocenters. The van der Waals surface area contributed by atoms with E-state index in [0.717, 1.165) is 5.88 Å². The van der Waals surface area contributed by atoms with Crippen LogP contribution in [0, 0.1) is 0 Å². The van der Waals surface area contributed by atoms with Gasteiger partial charge in [0.1, 0.15) is 0 Å². The van der Waals surface area contributed by atoms with Crippen molar-refractivity contribution in [3.63, 3.8) is 0 Å². The highest BCUT2D eigenvalue weighted by Crippen LogP contribution is 2.53. The quantitative estimate of drug-likeness (QED) is 0.566. The van der Waals surface area contributed by atoms with Crippen molar-refractivity contribution >= 4 is 28.1 Å². The van der Waals surface area contributed by atoms with Gasteiger partial charge in [-0.25, -0.2) is 0 Å². The van der Waals surface area contributed by atoms with Gasteiger partial charge in [-0.3, -0.25) is 0 Å². The predicted octanol–water partition coefficient (Wildman–Crippen LogP) is 5.70. The molecule has 0 saturated heterocycles. The van der Waals surface area contributed by atoms with Crippen molar-refractivity contribution in [2.75, 3.05) is 10.8 Å².